The van der Waals surface area contributed by atoms with Gasteiger partial charge in [-0.3, -0.25) is 4.90 Å². The van der Waals surface area contributed by atoms with Gasteiger partial charge in [-0.25, -0.2) is 4.39 Å². The Kier molecular flexibility index (Phi) is 6.29. The van der Waals surface area contributed by atoms with Crippen molar-refractivity contribution in [3.63, 3.8) is 0 Å². The third kappa shape index (κ3) is 4.94. The van der Waals surface area contributed by atoms with E-state index in [9.17, 15) is 4.39 Å². The second kappa shape index (κ2) is 8.65. The van der Waals surface area contributed by atoms with Crippen molar-refractivity contribution in [1.82, 2.24) is 4.90 Å². The summed E-state index contributed by atoms with van der Waals surface area (Å²) in [4.78, 5) is 2.33. The van der Waals surface area contributed by atoms with Crippen molar-refractivity contribution in [2.24, 2.45) is 0 Å². The van der Waals surface area contributed by atoms with Crippen molar-refractivity contribution in [3.05, 3.63) is 64.4 Å². The molecule has 0 N–H and O–H groups in total. The molecule has 1 aliphatic rings. The van der Waals surface area contributed by atoms with E-state index >= 15 is 0 Å². The zero-order valence-electron chi connectivity index (χ0n) is 14.4. The molecule has 134 valence electrons. The maximum Gasteiger partial charge on any atom is 0.130 e. The van der Waals surface area contributed by atoms with E-state index in [0.717, 1.165) is 38.4 Å². The van der Waals surface area contributed by atoms with Crippen molar-refractivity contribution < 1.29 is 13.9 Å². The quantitative estimate of drug-likeness (QED) is 0.746. The summed E-state index contributed by atoms with van der Waals surface area (Å²) in [5.74, 6) is 0.470. The van der Waals surface area contributed by atoms with Crippen LogP contribution in [0.3, 0.4) is 0 Å². The lowest BCUT2D eigenvalue weighted by Crippen LogP contribution is -2.37. The van der Waals surface area contributed by atoms with Gasteiger partial charge in [-0.1, -0.05) is 29.8 Å². The SMILES string of the molecule is Cc1cc(OC(CCN2CCOCC2)c2ccccc2F)ccc1Cl. The molecule has 0 spiro atoms. The molecular weight excluding hydrogens is 341 g/mol. The van der Waals surface area contributed by atoms with E-state index in [1.54, 1.807) is 12.1 Å². The molecule has 1 fully saturated rings. The molecule has 0 amide bonds. The Labute approximate surface area is 153 Å². The smallest absolute Gasteiger partial charge is 0.130 e. The molecule has 3 nitrogen and oxygen atoms in total. The van der Waals surface area contributed by atoms with E-state index in [0.29, 0.717) is 22.8 Å². The van der Waals surface area contributed by atoms with Crippen LogP contribution in [0.2, 0.25) is 5.02 Å². The maximum absolute atomic E-state index is 14.3. The maximum atomic E-state index is 14.3. The van der Waals surface area contributed by atoms with Crippen LogP contribution >= 0.6 is 11.6 Å². The van der Waals surface area contributed by atoms with Crippen LogP contribution in [0.15, 0.2) is 42.5 Å². The number of aryl methyl sites for hydroxylation is 1. The molecular formula is C20H23ClFNO2. The van der Waals surface area contributed by atoms with Crippen LogP contribution < -0.4 is 4.74 Å². The van der Waals surface area contributed by atoms with Crippen LogP contribution in [-0.4, -0.2) is 37.7 Å². The summed E-state index contributed by atoms with van der Waals surface area (Å²) in [7, 11) is 0. The molecule has 0 aliphatic carbocycles. The van der Waals surface area contributed by atoms with Gasteiger partial charge in [-0.2, -0.15) is 0 Å². The molecule has 0 saturated carbocycles. The number of ether oxygens (including phenoxy) is 2. The van der Waals surface area contributed by atoms with Crippen LogP contribution in [-0.2, 0) is 4.74 Å². The average molecular weight is 364 g/mol. The first-order chi connectivity index (χ1) is 12.1. The van der Waals surface area contributed by atoms with Crippen LogP contribution in [0.1, 0.15) is 23.7 Å². The molecule has 2 aromatic carbocycles. The van der Waals surface area contributed by atoms with E-state index < -0.39 is 0 Å². The Hall–Kier alpha value is -1.62. The summed E-state index contributed by atoms with van der Waals surface area (Å²) in [6, 6.07) is 12.4. The Bertz CT molecular complexity index is 704. The largest absolute Gasteiger partial charge is 0.486 e. The van der Waals surface area contributed by atoms with E-state index in [1.165, 1.54) is 6.07 Å². The van der Waals surface area contributed by atoms with Crippen molar-refractivity contribution in [2.45, 2.75) is 19.4 Å². The fourth-order valence-corrected chi connectivity index (χ4v) is 3.11. The van der Waals surface area contributed by atoms with E-state index in [-0.39, 0.29) is 11.9 Å². The summed E-state index contributed by atoms with van der Waals surface area (Å²) < 4.78 is 25.9. The fraction of sp³-hybridized carbons (Fsp3) is 0.400. The molecule has 1 atom stereocenters. The monoisotopic (exact) mass is 363 g/mol. The van der Waals surface area contributed by atoms with Gasteiger partial charge in [0.2, 0.25) is 0 Å². The van der Waals surface area contributed by atoms with Gasteiger partial charge in [-0.05, 0) is 36.8 Å². The first-order valence-corrected chi connectivity index (χ1v) is 8.98. The minimum absolute atomic E-state index is 0.236. The number of benzene rings is 2. The molecule has 5 heteroatoms. The van der Waals surface area contributed by atoms with Crippen LogP contribution in [0, 0.1) is 12.7 Å². The van der Waals surface area contributed by atoms with Gasteiger partial charge in [0.25, 0.3) is 0 Å². The fourth-order valence-electron chi connectivity index (χ4n) is 2.99. The van der Waals surface area contributed by atoms with Crippen molar-refractivity contribution >= 4 is 11.6 Å². The number of halogens is 2. The highest BCUT2D eigenvalue weighted by molar-refractivity contribution is 6.31. The number of rotatable bonds is 6. The van der Waals surface area contributed by atoms with Gasteiger partial charge >= 0.3 is 0 Å². The second-order valence-corrected chi connectivity index (χ2v) is 6.69. The van der Waals surface area contributed by atoms with E-state index in [4.69, 9.17) is 21.1 Å². The van der Waals surface area contributed by atoms with Crippen LogP contribution in [0.25, 0.3) is 0 Å². The van der Waals surface area contributed by atoms with Gasteiger partial charge in [0, 0.05) is 36.6 Å². The Morgan fingerprint density at radius 2 is 1.96 bits per heavy atom. The number of morpholine rings is 1. The Balaban J connectivity index is 1.75. The third-order valence-corrected chi connectivity index (χ3v) is 4.90. The highest BCUT2D eigenvalue weighted by Gasteiger charge is 2.20. The lowest BCUT2D eigenvalue weighted by atomic mass is 10.0. The summed E-state index contributed by atoms with van der Waals surface area (Å²) in [5.41, 5.74) is 1.53. The number of hydrogen-bond acceptors (Lipinski definition) is 3. The molecule has 0 radical (unpaired) electrons. The number of hydrogen-bond donors (Lipinski definition) is 0. The van der Waals surface area contributed by atoms with Crippen LogP contribution in [0.5, 0.6) is 5.75 Å². The summed E-state index contributed by atoms with van der Waals surface area (Å²) in [5, 5.41) is 0.697. The topological polar surface area (TPSA) is 21.7 Å². The third-order valence-electron chi connectivity index (χ3n) is 4.47. The molecule has 0 aromatic heterocycles. The normalized spacial score (nSPS) is 16.6. The number of nitrogens with zero attached hydrogens (tertiary/aromatic N) is 1. The standard InChI is InChI=1S/C20H23ClFNO2/c1-15-14-16(6-7-18(15)21)25-20(17-4-2-3-5-19(17)22)8-9-23-10-12-24-13-11-23/h2-7,14,20H,8-13H2,1H3. The second-order valence-electron chi connectivity index (χ2n) is 6.28. The molecule has 1 aliphatic heterocycles. The highest BCUT2D eigenvalue weighted by atomic mass is 35.5. The molecule has 25 heavy (non-hydrogen) atoms. The summed E-state index contributed by atoms with van der Waals surface area (Å²) in [6.07, 6.45) is 0.368. The van der Waals surface area contributed by atoms with Crippen molar-refractivity contribution in [3.8, 4) is 5.75 Å². The van der Waals surface area contributed by atoms with E-state index in [2.05, 4.69) is 4.90 Å². The lowest BCUT2D eigenvalue weighted by molar-refractivity contribution is 0.0315. The molecule has 1 unspecified atom stereocenters. The first-order valence-electron chi connectivity index (χ1n) is 8.61. The predicted molar refractivity (Wildman–Crippen MR) is 97.8 cm³/mol. The summed E-state index contributed by atoms with van der Waals surface area (Å²) in [6.45, 7) is 6.09. The van der Waals surface area contributed by atoms with Gasteiger partial charge in [0.1, 0.15) is 17.7 Å². The molecule has 1 saturated heterocycles. The van der Waals surface area contributed by atoms with Gasteiger partial charge in [0.05, 0.1) is 13.2 Å². The minimum Gasteiger partial charge on any atom is -0.486 e. The molecule has 3 rings (SSSR count). The van der Waals surface area contributed by atoms with Gasteiger partial charge in [-0.15, -0.1) is 0 Å². The molecule has 0 bridgehead atoms. The Morgan fingerprint density at radius 3 is 2.68 bits per heavy atom. The summed E-state index contributed by atoms with van der Waals surface area (Å²) >= 11 is 6.09. The molecule has 2 aromatic rings. The first kappa shape index (κ1) is 18.2. The van der Waals surface area contributed by atoms with Crippen LogP contribution in [0.4, 0.5) is 4.39 Å². The van der Waals surface area contributed by atoms with Gasteiger partial charge < -0.3 is 9.47 Å². The lowest BCUT2D eigenvalue weighted by Gasteiger charge is -2.29. The zero-order chi connectivity index (χ0) is 17.6. The van der Waals surface area contributed by atoms with Crippen molar-refractivity contribution in [1.29, 1.82) is 0 Å². The highest BCUT2D eigenvalue weighted by Crippen LogP contribution is 2.29. The van der Waals surface area contributed by atoms with E-state index in [1.807, 2.05) is 31.2 Å². The zero-order valence-corrected chi connectivity index (χ0v) is 15.1. The average Bonchev–Trinajstić information content (AvgIpc) is 2.63. The Morgan fingerprint density at radius 1 is 1.20 bits per heavy atom. The van der Waals surface area contributed by atoms with Gasteiger partial charge in [0.15, 0.2) is 0 Å². The molecule has 1 heterocycles. The predicted octanol–water partition coefficient (Wildman–Crippen LogP) is 4.63. The van der Waals surface area contributed by atoms with Crippen molar-refractivity contribution in [2.75, 3.05) is 32.8 Å². The minimum atomic E-state index is -0.343.